The van der Waals surface area contributed by atoms with Crippen LogP contribution in [0.3, 0.4) is 0 Å². The molecule has 9 heavy (non-hydrogen) atoms. The van der Waals surface area contributed by atoms with Crippen molar-refractivity contribution in [3.05, 3.63) is 22.8 Å². The van der Waals surface area contributed by atoms with Crippen LogP contribution in [0.2, 0.25) is 0 Å². The van der Waals surface area contributed by atoms with Gasteiger partial charge in [-0.25, -0.2) is 4.98 Å². The SMILES string of the molecule is CSc1ncccc1Br. The summed E-state index contributed by atoms with van der Waals surface area (Å²) >= 11 is 5.01. The van der Waals surface area contributed by atoms with E-state index in [0.29, 0.717) is 0 Å². The fourth-order valence-electron chi connectivity index (χ4n) is 0.521. The van der Waals surface area contributed by atoms with Crippen molar-refractivity contribution in [1.29, 1.82) is 0 Å². The van der Waals surface area contributed by atoms with Gasteiger partial charge in [-0.15, -0.1) is 11.8 Å². The maximum atomic E-state index is 4.11. The molecule has 1 aromatic heterocycles. The van der Waals surface area contributed by atoms with Crippen molar-refractivity contribution in [1.82, 2.24) is 4.98 Å². The maximum Gasteiger partial charge on any atom is 0.110 e. The predicted molar refractivity (Wildman–Crippen MR) is 43.7 cm³/mol. The van der Waals surface area contributed by atoms with Crippen molar-refractivity contribution in [3.8, 4) is 0 Å². The van der Waals surface area contributed by atoms with E-state index in [9.17, 15) is 0 Å². The van der Waals surface area contributed by atoms with Crippen LogP contribution >= 0.6 is 27.7 Å². The van der Waals surface area contributed by atoms with Crippen LogP contribution in [-0.2, 0) is 0 Å². The molecule has 1 rings (SSSR count). The Balaban J connectivity index is 3.01. The van der Waals surface area contributed by atoms with Crippen molar-refractivity contribution in [2.45, 2.75) is 5.03 Å². The number of hydrogen-bond acceptors (Lipinski definition) is 2. The average molecular weight is 204 g/mol. The van der Waals surface area contributed by atoms with Gasteiger partial charge in [-0.3, -0.25) is 0 Å². The first-order valence-corrected chi connectivity index (χ1v) is 4.51. The number of halogens is 1. The van der Waals surface area contributed by atoms with E-state index in [1.54, 1.807) is 18.0 Å². The summed E-state index contributed by atoms with van der Waals surface area (Å²) < 4.78 is 1.07. The molecule has 0 atom stereocenters. The van der Waals surface area contributed by atoms with Crippen molar-refractivity contribution >= 4 is 27.7 Å². The number of aromatic nitrogens is 1. The second kappa shape index (κ2) is 3.22. The molecule has 0 unspecified atom stereocenters. The Hall–Kier alpha value is -0.0200. The van der Waals surface area contributed by atoms with E-state index in [-0.39, 0.29) is 0 Å². The second-order valence-electron chi connectivity index (χ2n) is 1.49. The van der Waals surface area contributed by atoms with Gasteiger partial charge in [-0.05, 0) is 34.3 Å². The maximum absolute atomic E-state index is 4.11. The molecule has 1 nitrogen and oxygen atoms in total. The van der Waals surface area contributed by atoms with Crippen LogP contribution in [0.4, 0.5) is 0 Å². The summed E-state index contributed by atoms with van der Waals surface area (Å²) in [7, 11) is 0. The molecule has 48 valence electrons. The third kappa shape index (κ3) is 1.69. The minimum absolute atomic E-state index is 1.04. The Labute approximate surface area is 67.0 Å². The van der Waals surface area contributed by atoms with Gasteiger partial charge in [0.05, 0.1) is 0 Å². The highest BCUT2D eigenvalue weighted by molar-refractivity contribution is 9.10. The van der Waals surface area contributed by atoms with Gasteiger partial charge in [0.2, 0.25) is 0 Å². The van der Waals surface area contributed by atoms with Gasteiger partial charge in [0.25, 0.3) is 0 Å². The normalized spacial score (nSPS) is 9.56. The minimum atomic E-state index is 1.04. The Morgan fingerprint density at radius 3 is 2.89 bits per heavy atom. The summed E-state index contributed by atoms with van der Waals surface area (Å²) in [6, 6.07) is 3.89. The van der Waals surface area contributed by atoms with E-state index in [0.717, 1.165) is 9.50 Å². The lowest BCUT2D eigenvalue weighted by Crippen LogP contribution is -1.76. The molecule has 0 saturated carbocycles. The Bertz CT molecular complexity index is 202. The quantitative estimate of drug-likeness (QED) is 0.652. The van der Waals surface area contributed by atoms with Crippen molar-refractivity contribution < 1.29 is 0 Å². The lowest BCUT2D eigenvalue weighted by molar-refractivity contribution is 1.11. The summed E-state index contributed by atoms with van der Waals surface area (Å²) in [5.41, 5.74) is 0. The molecule has 0 bridgehead atoms. The number of hydrogen-bond donors (Lipinski definition) is 0. The van der Waals surface area contributed by atoms with Gasteiger partial charge in [0, 0.05) is 10.7 Å². The molecule has 0 aliphatic heterocycles. The van der Waals surface area contributed by atoms with E-state index in [2.05, 4.69) is 20.9 Å². The number of thioether (sulfide) groups is 1. The van der Waals surface area contributed by atoms with Gasteiger partial charge in [0.1, 0.15) is 5.03 Å². The molecule has 0 spiro atoms. The Morgan fingerprint density at radius 1 is 1.67 bits per heavy atom. The number of pyridine rings is 1. The molecule has 1 aromatic rings. The molecule has 0 saturated heterocycles. The molecule has 0 amide bonds. The fraction of sp³-hybridized carbons (Fsp3) is 0.167. The topological polar surface area (TPSA) is 12.9 Å². The molecule has 1 heterocycles. The van der Waals surface area contributed by atoms with Gasteiger partial charge in [-0.2, -0.15) is 0 Å². The zero-order valence-corrected chi connectivity index (χ0v) is 7.37. The van der Waals surface area contributed by atoms with Crippen LogP contribution in [0.25, 0.3) is 0 Å². The molecule has 0 radical (unpaired) electrons. The molecular weight excluding hydrogens is 198 g/mol. The lowest BCUT2D eigenvalue weighted by Gasteiger charge is -1.94. The Kier molecular flexibility index (Phi) is 2.54. The smallest absolute Gasteiger partial charge is 0.110 e. The first kappa shape index (κ1) is 7.09. The van der Waals surface area contributed by atoms with Gasteiger partial charge >= 0.3 is 0 Å². The van der Waals surface area contributed by atoms with Gasteiger partial charge in [-0.1, -0.05) is 0 Å². The highest BCUT2D eigenvalue weighted by atomic mass is 79.9. The molecule has 0 aromatic carbocycles. The van der Waals surface area contributed by atoms with Crippen LogP contribution in [0.5, 0.6) is 0 Å². The summed E-state index contributed by atoms with van der Waals surface area (Å²) in [5, 5.41) is 1.04. The lowest BCUT2D eigenvalue weighted by atomic mass is 10.5. The minimum Gasteiger partial charge on any atom is -0.249 e. The third-order valence-electron chi connectivity index (χ3n) is 0.918. The van der Waals surface area contributed by atoms with Crippen LogP contribution in [-0.4, -0.2) is 11.2 Å². The molecule has 0 fully saturated rings. The molecule has 0 aliphatic carbocycles. The van der Waals surface area contributed by atoms with Gasteiger partial charge in [0.15, 0.2) is 0 Å². The summed E-state index contributed by atoms with van der Waals surface area (Å²) in [5.74, 6) is 0. The van der Waals surface area contributed by atoms with Crippen LogP contribution in [0.1, 0.15) is 0 Å². The summed E-state index contributed by atoms with van der Waals surface area (Å²) in [6.45, 7) is 0. The fourth-order valence-corrected chi connectivity index (χ4v) is 1.69. The monoisotopic (exact) mass is 203 g/mol. The standard InChI is InChI=1S/C6H6BrNS/c1-9-6-5(7)3-2-4-8-6/h2-4H,1H3. The van der Waals surface area contributed by atoms with E-state index >= 15 is 0 Å². The van der Waals surface area contributed by atoms with E-state index in [1.165, 1.54) is 0 Å². The third-order valence-corrected chi connectivity index (χ3v) is 2.53. The molecule has 0 N–H and O–H groups in total. The van der Waals surface area contributed by atoms with Crippen molar-refractivity contribution in [2.75, 3.05) is 6.26 Å². The first-order chi connectivity index (χ1) is 4.34. The van der Waals surface area contributed by atoms with Gasteiger partial charge < -0.3 is 0 Å². The number of rotatable bonds is 1. The zero-order chi connectivity index (χ0) is 6.69. The van der Waals surface area contributed by atoms with Crippen molar-refractivity contribution in [3.63, 3.8) is 0 Å². The highest BCUT2D eigenvalue weighted by Gasteiger charge is 1.94. The van der Waals surface area contributed by atoms with Crippen LogP contribution < -0.4 is 0 Å². The average Bonchev–Trinajstić information content (AvgIpc) is 1.89. The van der Waals surface area contributed by atoms with E-state index < -0.39 is 0 Å². The summed E-state index contributed by atoms with van der Waals surface area (Å²) in [6.07, 6.45) is 3.80. The van der Waals surface area contributed by atoms with Crippen LogP contribution in [0.15, 0.2) is 27.8 Å². The Morgan fingerprint density at radius 2 is 2.44 bits per heavy atom. The zero-order valence-electron chi connectivity index (χ0n) is 4.97. The second-order valence-corrected chi connectivity index (χ2v) is 3.14. The number of nitrogens with zero attached hydrogens (tertiary/aromatic N) is 1. The highest BCUT2D eigenvalue weighted by Crippen LogP contribution is 2.21. The molecule has 0 aliphatic rings. The van der Waals surface area contributed by atoms with E-state index in [1.807, 2.05) is 18.4 Å². The summed E-state index contributed by atoms with van der Waals surface area (Å²) in [4.78, 5) is 4.11. The first-order valence-electron chi connectivity index (χ1n) is 2.49. The largest absolute Gasteiger partial charge is 0.249 e. The predicted octanol–water partition coefficient (Wildman–Crippen LogP) is 2.57. The van der Waals surface area contributed by atoms with Crippen molar-refractivity contribution in [2.24, 2.45) is 0 Å². The van der Waals surface area contributed by atoms with Crippen LogP contribution in [0, 0.1) is 0 Å². The molecular formula is C6H6BrNS. The molecule has 3 heteroatoms. The van der Waals surface area contributed by atoms with E-state index in [4.69, 9.17) is 0 Å².